The minimum absolute atomic E-state index is 0. The maximum Gasteiger partial charge on any atom is 0.272 e. The second-order valence-corrected chi connectivity index (χ2v) is 7.88. The Kier molecular flexibility index (Phi) is 7.85. The Hall–Kier alpha value is -2.10. The molecule has 1 aliphatic heterocycles. The van der Waals surface area contributed by atoms with Gasteiger partial charge in [-0.2, -0.15) is 11.8 Å². The number of aromatic nitrogens is 2. The van der Waals surface area contributed by atoms with E-state index in [0.29, 0.717) is 29.3 Å². The number of rotatable bonds is 6. The fourth-order valence-electron chi connectivity index (χ4n) is 3.11. The van der Waals surface area contributed by atoms with Gasteiger partial charge >= 0.3 is 0 Å². The van der Waals surface area contributed by atoms with Crippen LogP contribution in [0.15, 0.2) is 24.5 Å². The highest BCUT2D eigenvalue weighted by atomic mass is 35.5. The van der Waals surface area contributed by atoms with Crippen LogP contribution in [-0.4, -0.2) is 63.5 Å². The van der Waals surface area contributed by atoms with Gasteiger partial charge < -0.3 is 25.5 Å². The highest BCUT2D eigenvalue weighted by molar-refractivity contribution is 7.99. The van der Waals surface area contributed by atoms with Crippen LogP contribution in [0.2, 0.25) is 0 Å². The van der Waals surface area contributed by atoms with E-state index in [9.17, 15) is 9.59 Å². The molecule has 2 aromatic rings. The number of hydrogen-bond donors (Lipinski definition) is 3. The third-order valence-corrected chi connectivity index (χ3v) is 5.51. The van der Waals surface area contributed by atoms with E-state index in [-0.39, 0.29) is 24.2 Å². The first-order valence-electron chi connectivity index (χ1n) is 8.92. The molecular formula is C18H27ClN6O2S. The molecule has 28 heavy (non-hydrogen) atoms. The summed E-state index contributed by atoms with van der Waals surface area (Å²) in [4.78, 5) is 27.2. The van der Waals surface area contributed by atoms with E-state index in [1.54, 1.807) is 47.8 Å². The van der Waals surface area contributed by atoms with Crippen LogP contribution in [0.4, 0.5) is 11.4 Å². The molecule has 0 aliphatic carbocycles. The van der Waals surface area contributed by atoms with Crippen molar-refractivity contribution in [1.82, 2.24) is 19.4 Å². The van der Waals surface area contributed by atoms with Crippen LogP contribution in [0, 0.1) is 0 Å². The van der Waals surface area contributed by atoms with E-state index in [2.05, 4.69) is 15.5 Å². The highest BCUT2D eigenvalue weighted by Crippen LogP contribution is 2.16. The third kappa shape index (κ3) is 5.46. The van der Waals surface area contributed by atoms with Crippen LogP contribution in [0.5, 0.6) is 0 Å². The van der Waals surface area contributed by atoms with Crippen molar-refractivity contribution in [3.05, 3.63) is 35.9 Å². The lowest BCUT2D eigenvalue weighted by Gasteiger charge is -2.25. The second kappa shape index (κ2) is 9.90. The number of carbonyl (C=O) groups excluding carboxylic acids is 2. The molecule has 0 spiro atoms. The lowest BCUT2D eigenvalue weighted by atomic mass is 10.3. The molecule has 2 amide bonds. The van der Waals surface area contributed by atoms with Crippen molar-refractivity contribution >= 4 is 47.4 Å². The first kappa shape index (κ1) is 22.2. The Morgan fingerprint density at radius 3 is 2.36 bits per heavy atom. The Balaban J connectivity index is 0.00000280. The molecule has 4 N–H and O–H groups in total. The van der Waals surface area contributed by atoms with Gasteiger partial charge in [0, 0.05) is 64.2 Å². The van der Waals surface area contributed by atoms with E-state index in [4.69, 9.17) is 5.73 Å². The van der Waals surface area contributed by atoms with Crippen LogP contribution in [-0.2, 0) is 14.1 Å². The van der Waals surface area contributed by atoms with Gasteiger partial charge in [-0.3, -0.25) is 14.5 Å². The summed E-state index contributed by atoms with van der Waals surface area (Å²) in [5, 5.41) is 5.77. The molecule has 8 nitrogen and oxygen atoms in total. The van der Waals surface area contributed by atoms with Crippen LogP contribution in [0.1, 0.15) is 21.0 Å². The number of amides is 2. The van der Waals surface area contributed by atoms with E-state index < -0.39 is 0 Å². The number of anilines is 2. The molecule has 0 unspecified atom stereocenters. The van der Waals surface area contributed by atoms with E-state index in [0.717, 1.165) is 31.1 Å². The lowest BCUT2D eigenvalue weighted by molar-refractivity contribution is 0.0939. The number of thioether (sulfide) groups is 1. The summed E-state index contributed by atoms with van der Waals surface area (Å²) in [6, 6.07) is 3.29. The number of carbonyl (C=O) groups is 2. The zero-order valence-corrected chi connectivity index (χ0v) is 17.7. The topological polar surface area (TPSA) is 97.3 Å². The van der Waals surface area contributed by atoms with Gasteiger partial charge in [0.15, 0.2) is 0 Å². The Labute approximate surface area is 175 Å². The minimum Gasteiger partial charge on any atom is -0.397 e. The molecule has 1 saturated heterocycles. The van der Waals surface area contributed by atoms with E-state index in [1.807, 2.05) is 11.8 Å². The molecule has 0 atom stereocenters. The molecule has 154 valence electrons. The Bertz CT molecular complexity index is 828. The smallest absolute Gasteiger partial charge is 0.272 e. The predicted octanol–water partition coefficient (Wildman–Crippen LogP) is 1.40. The average Bonchev–Trinajstić information content (AvgIpc) is 3.17. The van der Waals surface area contributed by atoms with Crippen molar-refractivity contribution in [1.29, 1.82) is 0 Å². The number of halogens is 1. The van der Waals surface area contributed by atoms with E-state index >= 15 is 0 Å². The second-order valence-electron chi connectivity index (χ2n) is 6.66. The number of nitrogens with one attached hydrogen (secondary N) is 2. The normalized spacial score (nSPS) is 14.4. The molecule has 2 aromatic heterocycles. The summed E-state index contributed by atoms with van der Waals surface area (Å²) >= 11 is 1.97. The summed E-state index contributed by atoms with van der Waals surface area (Å²) in [6.07, 6.45) is 3.40. The van der Waals surface area contributed by atoms with Crippen molar-refractivity contribution in [3.63, 3.8) is 0 Å². The van der Waals surface area contributed by atoms with Crippen molar-refractivity contribution in [2.75, 3.05) is 48.7 Å². The summed E-state index contributed by atoms with van der Waals surface area (Å²) < 4.78 is 3.38. The zero-order valence-electron chi connectivity index (χ0n) is 16.1. The highest BCUT2D eigenvalue weighted by Gasteiger charge is 2.16. The summed E-state index contributed by atoms with van der Waals surface area (Å²) in [7, 11) is 3.54. The Morgan fingerprint density at radius 1 is 1.07 bits per heavy atom. The molecule has 0 saturated carbocycles. The molecular weight excluding hydrogens is 400 g/mol. The number of nitrogen functional groups attached to an aromatic ring is 1. The van der Waals surface area contributed by atoms with Crippen molar-refractivity contribution in [3.8, 4) is 0 Å². The molecule has 3 heterocycles. The average molecular weight is 427 g/mol. The predicted molar refractivity (Wildman–Crippen MR) is 117 cm³/mol. The summed E-state index contributed by atoms with van der Waals surface area (Å²) in [5.74, 6) is 1.89. The standard InChI is InChI=1S/C18H26N6O2S.ClH/c1-22-11-13(19)9-15(22)18(26)21-14-10-16(23(2)12-14)17(25)20-3-4-24-5-7-27-8-6-24;/h9-12H,3-8,19H2,1-2H3,(H,20,25)(H,21,26);1H. The van der Waals surface area contributed by atoms with Crippen molar-refractivity contribution in [2.24, 2.45) is 14.1 Å². The van der Waals surface area contributed by atoms with Gasteiger partial charge in [-0.15, -0.1) is 12.4 Å². The van der Waals surface area contributed by atoms with Gasteiger partial charge in [0.05, 0.1) is 11.4 Å². The zero-order chi connectivity index (χ0) is 19.4. The van der Waals surface area contributed by atoms with Crippen LogP contribution >= 0.6 is 24.2 Å². The summed E-state index contributed by atoms with van der Waals surface area (Å²) in [6.45, 7) is 3.61. The molecule has 0 bridgehead atoms. The SMILES string of the molecule is Cl.Cn1cc(NC(=O)c2cc(N)cn2C)cc1C(=O)NCCN1CCSCC1. The summed E-state index contributed by atoms with van der Waals surface area (Å²) in [5.41, 5.74) is 7.78. The van der Waals surface area contributed by atoms with Crippen molar-refractivity contribution < 1.29 is 9.59 Å². The third-order valence-electron chi connectivity index (χ3n) is 4.57. The Morgan fingerprint density at radius 2 is 1.71 bits per heavy atom. The largest absolute Gasteiger partial charge is 0.397 e. The number of hydrogen-bond acceptors (Lipinski definition) is 5. The fourth-order valence-corrected chi connectivity index (χ4v) is 4.09. The first-order chi connectivity index (χ1) is 12.9. The van der Waals surface area contributed by atoms with Gasteiger partial charge in [0.1, 0.15) is 11.4 Å². The molecule has 0 radical (unpaired) electrons. The monoisotopic (exact) mass is 426 g/mol. The van der Waals surface area contributed by atoms with Gasteiger partial charge in [0.25, 0.3) is 11.8 Å². The molecule has 1 aliphatic rings. The maximum absolute atomic E-state index is 12.4. The van der Waals surface area contributed by atoms with Crippen LogP contribution in [0.25, 0.3) is 0 Å². The molecule has 1 fully saturated rings. The quantitative estimate of drug-likeness (QED) is 0.648. The number of aryl methyl sites for hydroxylation is 2. The van der Waals surface area contributed by atoms with Gasteiger partial charge in [0.2, 0.25) is 0 Å². The lowest BCUT2D eigenvalue weighted by Crippen LogP contribution is -2.39. The van der Waals surface area contributed by atoms with Gasteiger partial charge in [-0.1, -0.05) is 0 Å². The molecule has 0 aromatic carbocycles. The van der Waals surface area contributed by atoms with E-state index in [1.165, 1.54) is 0 Å². The molecule has 10 heteroatoms. The maximum atomic E-state index is 12.4. The van der Waals surface area contributed by atoms with Gasteiger partial charge in [-0.05, 0) is 12.1 Å². The first-order valence-corrected chi connectivity index (χ1v) is 10.1. The fraction of sp³-hybridized carbons (Fsp3) is 0.444. The van der Waals surface area contributed by atoms with Crippen molar-refractivity contribution in [2.45, 2.75) is 0 Å². The minimum atomic E-state index is -0.269. The van der Waals surface area contributed by atoms with Gasteiger partial charge in [-0.25, -0.2) is 0 Å². The van der Waals surface area contributed by atoms with Crippen LogP contribution in [0.3, 0.4) is 0 Å². The molecule has 3 rings (SSSR count). The van der Waals surface area contributed by atoms with Crippen LogP contribution < -0.4 is 16.4 Å². The number of nitrogens with two attached hydrogens (primary N) is 1. The number of nitrogens with zero attached hydrogens (tertiary/aromatic N) is 3.